The van der Waals surface area contributed by atoms with Gasteiger partial charge in [0.15, 0.2) is 0 Å². The Labute approximate surface area is 191 Å². The van der Waals surface area contributed by atoms with Crippen LogP contribution in [0.4, 0.5) is 0 Å². The monoisotopic (exact) mass is 465 g/mol. The zero-order valence-electron chi connectivity index (χ0n) is 18.9. The number of aromatic nitrogens is 1. The SMILES string of the molecule is CC[C@H](C)[C@H](NC1C=Cc2c(C(C)O)cc(C(=O)O[C@H](C)[C@H](N)C(=O)O)nc2C1O)C(=O)O. The minimum atomic E-state index is -1.45. The molecule has 0 saturated carbocycles. The van der Waals surface area contributed by atoms with Gasteiger partial charge in [0.2, 0.25) is 0 Å². The van der Waals surface area contributed by atoms with Crippen molar-refractivity contribution in [2.75, 3.05) is 0 Å². The number of carboxylic acid groups (broad SMARTS) is 2. The van der Waals surface area contributed by atoms with Crippen molar-refractivity contribution in [1.29, 1.82) is 0 Å². The number of nitrogens with zero attached hydrogens (tertiary/aromatic N) is 1. The van der Waals surface area contributed by atoms with Crippen LogP contribution in [0.5, 0.6) is 0 Å². The van der Waals surface area contributed by atoms with Gasteiger partial charge in [0.25, 0.3) is 0 Å². The molecule has 3 unspecified atom stereocenters. The molecule has 0 radical (unpaired) electrons. The van der Waals surface area contributed by atoms with E-state index in [0.29, 0.717) is 17.5 Å². The summed E-state index contributed by atoms with van der Waals surface area (Å²) in [6.07, 6.45) is 0.284. The van der Waals surface area contributed by atoms with Crippen molar-refractivity contribution < 1.29 is 39.5 Å². The number of pyridine rings is 1. The second-order valence-electron chi connectivity index (χ2n) is 8.24. The van der Waals surface area contributed by atoms with Gasteiger partial charge in [-0.3, -0.25) is 14.9 Å². The maximum absolute atomic E-state index is 12.6. The van der Waals surface area contributed by atoms with E-state index in [2.05, 4.69) is 10.3 Å². The van der Waals surface area contributed by atoms with Crippen LogP contribution >= 0.6 is 0 Å². The lowest BCUT2D eigenvalue weighted by atomic mass is 9.89. The number of aliphatic hydroxyl groups is 2. The van der Waals surface area contributed by atoms with E-state index in [1.54, 1.807) is 19.1 Å². The molecule has 33 heavy (non-hydrogen) atoms. The average Bonchev–Trinajstić information content (AvgIpc) is 2.76. The first-order chi connectivity index (χ1) is 15.4. The molecule has 7 N–H and O–H groups in total. The zero-order chi connectivity index (χ0) is 25.0. The molecule has 0 amide bonds. The van der Waals surface area contributed by atoms with Crippen molar-refractivity contribution in [1.82, 2.24) is 10.3 Å². The third kappa shape index (κ3) is 5.93. The molecular formula is C22H31N3O8. The van der Waals surface area contributed by atoms with Crippen molar-refractivity contribution in [3.63, 3.8) is 0 Å². The minimum Gasteiger partial charge on any atom is -0.480 e. The summed E-state index contributed by atoms with van der Waals surface area (Å²) in [6, 6.07) is -1.89. The lowest BCUT2D eigenvalue weighted by molar-refractivity contribution is -0.142. The Balaban J connectivity index is 2.40. The van der Waals surface area contributed by atoms with Gasteiger partial charge in [0, 0.05) is 5.56 Å². The molecule has 1 heterocycles. The Hall–Kier alpha value is -2.86. The molecule has 1 aliphatic carbocycles. The Morgan fingerprint density at radius 1 is 1.21 bits per heavy atom. The lowest BCUT2D eigenvalue weighted by Gasteiger charge is -2.31. The van der Waals surface area contributed by atoms with E-state index in [1.807, 2.05) is 6.92 Å². The topological polar surface area (TPSA) is 192 Å². The first kappa shape index (κ1) is 26.4. The van der Waals surface area contributed by atoms with Gasteiger partial charge in [-0.25, -0.2) is 9.78 Å². The quantitative estimate of drug-likeness (QED) is 0.265. The van der Waals surface area contributed by atoms with Crippen molar-refractivity contribution in [3.8, 4) is 0 Å². The Kier molecular flexibility index (Phi) is 8.67. The highest BCUT2D eigenvalue weighted by Crippen LogP contribution is 2.33. The molecule has 7 atom stereocenters. The third-order valence-corrected chi connectivity index (χ3v) is 5.80. The molecule has 1 aromatic rings. The van der Waals surface area contributed by atoms with Crippen LogP contribution in [0.25, 0.3) is 6.08 Å². The molecule has 2 rings (SSSR count). The molecule has 0 saturated heterocycles. The van der Waals surface area contributed by atoms with Crippen molar-refractivity contribution in [3.05, 3.63) is 34.7 Å². The van der Waals surface area contributed by atoms with Crippen molar-refractivity contribution in [2.24, 2.45) is 11.7 Å². The number of carboxylic acids is 2. The van der Waals surface area contributed by atoms with Gasteiger partial charge in [-0.15, -0.1) is 0 Å². The maximum Gasteiger partial charge on any atom is 0.357 e. The fourth-order valence-corrected chi connectivity index (χ4v) is 3.50. The van der Waals surface area contributed by atoms with E-state index in [0.717, 1.165) is 0 Å². The van der Waals surface area contributed by atoms with Crippen molar-refractivity contribution >= 4 is 24.0 Å². The number of esters is 1. The number of nitrogens with one attached hydrogen (secondary N) is 1. The second-order valence-corrected chi connectivity index (χ2v) is 8.24. The van der Waals surface area contributed by atoms with E-state index >= 15 is 0 Å². The minimum absolute atomic E-state index is 0.0591. The molecule has 0 bridgehead atoms. The molecule has 11 nitrogen and oxygen atoms in total. The van der Waals surface area contributed by atoms with Gasteiger partial charge in [-0.1, -0.05) is 32.4 Å². The Bertz CT molecular complexity index is 932. The summed E-state index contributed by atoms with van der Waals surface area (Å²) in [5, 5.41) is 42.6. The first-order valence-electron chi connectivity index (χ1n) is 10.7. The summed E-state index contributed by atoms with van der Waals surface area (Å²) in [7, 11) is 0. The molecule has 0 aromatic carbocycles. The highest BCUT2D eigenvalue weighted by atomic mass is 16.5. The summed E-state index contributed by atoms with van der Waals surface area (Å²) >= 11 is 0. The fraction of sp³-hybridized carbons (Fsp3) is 0.545. The van der Waals surface area contributed by atoms with E-state index in [4.69, 9.17) is 15.6 Å². The predicted octanol–water partition coefficient (Wildman–Crippen LogP) is 0.610. The van der Waals surface area contributed by atoms with Crippen LogP contribution in [-0.4, -0.2) is 67.5 Å². The number of nitrogens with two attached hydrogens (primary N) is 1. The van der Waals surface area contributed by atoms with Gasteiger partial charge in [0.1, 0.15) is 30.0 Å². The summed E-state index contributed by atoms with van der Waals surface area (Å²) in [6.45, 7) is 6.43. The zero-order valence-corrected chi connectivity index (χ0v) is 18.9. The number of carbonyl (C=O) groups excluding carboxylic acids is 1. The number of aliphatic hydroxyl groups excluding tert-OH is 2. The number of hydrogen-bond acceptors (Lipinski definition) is 9. The maximum atomic E-state index is 12.6. The average molecular weight is 466 g/mol. The summed E-state index contributed by atoms with van der Waals surface area (Å²) < 4.78 is 5.11. The van der Waals surface area contributed by atoms with Crippen LogP contribution in [0, 0.1) is 5.92 Å². The normalized spacial score (nSPS) is 21.9. The fourth-order valence-electron chi connectivity index (χ4n) is 3.50. The van der Waals surface area contributed by atoms with Gasteiger partial charge >= 0.3 is 17.9 Å². The van der Waals surface area contributed by atoms with Crippen LogP contribution in [-0.2, 0) is 14.3 Å². The van der Waals surface area contributed by atoms with E-state index in [1.165, 1.54) is 19.9 Å². The highest BCUT2D eigenvalue weighted by molar-refractivity contribution is 5.89. The number of aliphatic carboxylic acids is 2. The first-order valence-corrected chi connectivity index (χ1v) is 10.7. The molecule has 11 heteroatoms. The molecule has 1 aromatic heterocycles. The predicted molar refractivity (Wildman–Crippen MR) is 117 cm³/mol. The number of carbonyl (C=O) groups is 3. The number of fused-ring (bicyclic) bond motifs is 1. The number of ether oxygens (including phenoxy) is 1. The number of rotatable bonds is 10. The second kappa shape index (κ2) is 10.8. The van der Waals surface area contributed by atoms with Crippen molar-refractivity contribution in [2.45, 2.75) is 70.6 Å². The summed E-state index contributed by atoms with van der Waals surface area (Å²) in [5.74, 6) is -3.60. The molecule has 0 spiro atoms. The van der Waals surface area contributed by atoms with Crippen LogP contribution in [0.15, 0.2) is 12.1 Å². The number of hydrogen-bond donors (Lipinski definition) is 6. The Morgan fingerprint density at radius 3 is 2.36 bits per heavy atom. The van der Waals surface area contributed by atoms with Crippen LogP contribution in [0.3, 0.4) is 0 Å². The van der Waals surface area contributed by atoms with E-state index in [-0.39, 0.29) is 17.3 Å². The van der Waals surface area contributed by atoms with Crippen LogP contribution in [0.2, 0.25) is 0 Å². The largest absolute Gasteiger partial charge is 0.480 e. The van der Waals surface area contributed by atoms with Gasteiger partial charge < -0.3 is 30.9 Å². The molecule has 182 valence electrons. The molecular weight excluding hydrogens is 434 g/mol. The van der Waals surface area contributed by atoms with Gasteiger partial charge in [-0.05, 0) is 31.4 Å². The van der Waals surface area contributed by atoms with Crippen LogP contribution in [0.1, 0.15) is 73.6 Å². The summed E-state index contributed by atoms with van der Waals surface area (Å²) in [4.78, 5) is 39.5. The smallest absolute Gasteiger partial charge is 0.357 e. The van der Waals surface area contributed by atoms with Gasteiger partial charge in [-0.2, -0.15) is 0 Å². The standard InChI is InChI=1S/C22H31N3O8/c1-5-9(2)17(21(30)31)24-14-7-6-12-13(10(3)26)8-15(25-18(12)19(14)27)22(32)33-11(4)16(23)20(28)29/h6-11,14,16-17,19,24,26-27H,5,23H2,1-4H3,(H,28,29)(H,30,31)/t9-,10?,11+,14?,16-,17-,19?/m0/s1. The Morgan fingerprint density at radius 2 is 1.85 bits per heavy atom. The summed E-state index contributed by atoms with van der Waals surface area (Å²) in [5.41, 5.74) is 5.99. The lowest BCUT2D eigenvalue weighted by Crippen LogP contribution is -2.49. The van der Waals surface area contributed by atoms with E-state index in [9.17, 15) is 29.7 Å². The molecule has 0 aliphatic heterocycles. The third-order valence-electron chi connectivity index (χ3n) is 5.80. The highest BCUT2D eigenvalue weighted by Gasteiger charge is 2.34. The molecule has 1 aliphatic rings. The van der Waals surface area contributed by atoms with Crippen LogP contribution < -0.4 is 11.1 Å². The van der Waals surface area contributed by atoms with Gasteiger partial charge in [0.05, 0.1) is 17.8 Å². The molecule has 0 fully saturated rings. The van der Waals surface area contributed by atoms with E-state index < -0.39 is 54.3 Å².